The maximum Gasteiger partial charge on any atom is 0.367 e. The van der Waals surface area contributed by atoms with E-state index in [9.17, 15) is 4.79 Å². The van der Waals surface area contributed by atoms with E-state index in [0.717, 1.165) is 6.42 Å². The molecule has 11 heavy (non-hydrogen) atoms. The van der Waals surface area contributed by atoms with E-state index in [-0.39, 0.29) is 3.98 Å². The molecular formula is C8H15IO2. The number of hydrogen-bond donors (Lipinski definition) is 0. The van der Waals surface area contributed by atoms with Gasteiger partial charge in [-0.25, -0.2) is 4.79 Å². The molecule has 3 heteroatoms. The van der Waals surface area contributed by atoms with E-state index in [2.05, 4.69) is 6.92 Å². The minimum absolute atomic E-state index is 0.196. The van der Waals surface area contributed by atoms with Gasteiger partial charge in [0.05, 0.1) is 29.2 Å². The summed E-state index contributed by atoms with van der Waals surface area (Å²) in [5, 5.41) is 0. The van der Waals surface area contributed by atoms with Crippen LogP contribution in [0.1, 0.15) is 39.0 Å². The van der Waals surface area contributed by atoms with Gasteiger partial charge in [-0.1, -0.05) is 32.6 Å². The Morgan fingerprint density at radius 3 is 2.45 bits per heavy atom. The zero-order valence-electron chi connectivity index (χ0n) is 6.94. The van der Waals surface area contributed by atoms with Crippen molar-refractivity contribution < 1.29 is 9.53 Å². The van der Waals surface area contributed by atoms with Crippen LogP contribution in [0, 0.1) is 0 Å². The Labute approximate surface area is 81.8 Å². The molecule has 2 nitrogen and oxygen atoms in total. The van der Waals surface area contributed by atoms with Gasteiger partial charge in [0, 0.05) is 0 Å². The van der Waals surface area contributed by atoms with Crippen molar-refractivity contribution in [1.29, 1.82) is 0 Å². The van der Waals surface area contributed by atoms with Gasteiger partial charge in [-0.2, -0.15) is 0 Å². The van der Waals surface area contributed by atoms with Crippen molar-refractivity contribution in [2.24, 2.45) is 0 Å². The molecule has 0 aromatic carbocycles. The van der Waals surface area contributed by atoms with Crippen molar-refractivity contribution in [3.05, 3.63) is 0 Å². The minimum Gasteiger partial charge on any atom is -0.458 e. The average Bonchev–Trinajstić information content (AvgIpc) is 1.96. The molecule has 0 rings (SSSR count). The molecule has 0 fully saturated rings. The Morgan fingerprint density at radius 2 is 1.91 bits per heavy atom. The lowest BCUT2D eigenvalue weighted by Crippen LogP contribution is -1.95. The van der Waals surface area contributed by atoms with E-state index in [4.69, 9.17) is 4.74 Å². The number of ether oxygens (including phenoxy) is 1. The van der Waals surface area contributed by atoms with E-state index in [0.29, 0.717) is 6.61 Å². The largest absolute Gasteiger partial charge is 0.458 e. The van der Waals surface area contributed by atoms with E-state index in [1.54, 1.807) is 22.6 Å². The number of unbranched alkanes of at least 4 members (excludes halogenated alkanes) is 4. The van der Waals surface area contributed by atoms with Gasteiger partial charge in [0.25, 0.3) is 0 Å². The molecule has 0 aliphatic rings. The highest BCUT2D eigenvalue weighted by atomic mass is 127. The Kier molecular flexibility index (Phi) is 8.45. The van der Waals surface area contributed by atoms with Crippen LogP contribution in [0.2, 0.25) is 0 Å². The Bertz CT molecular complexity index is 104. The minimum atomic E-state index is -0.196. The Hall–Kier alpha value is 0.200. The van der Waals surface area contributed by atoms with Crippen LogP contribution in [0.4, 0.5) is 4.79 Å². The maximum absolute atomic E-state index is 10.3. The van der Waals surface area contributed by atoms with Crippen molar-refractivity contribution >= 4 is 26.6 Å². The van der Waals surface area contributed by atoms with Gasteiger partial charge in [0.1, 0.15) is 0 Å². The molecule has 0 spiro atoms. The number of carbonyl (C=O) groups is 1. The van der Waals surface area contributed by atoms with Crippen molar-refractivity contribution in [2.45, 2.75) is 39.0 Å². The molecule has 0 aromatic heterocycles. The quantitative estimate of drug-likeness (QED) is 0.419. The van der Waals surface area contributed by atoms with Crippen LogP contribution in [0.25, 0.3) is 0 Å². The second kappa shape index (κ2) is 8.30. The fourth-order valence-electron chi connectivity index (χ4n) is 0.858. The standard InChI is InChI=1S/C8H15IO2/c1-2-3-4-5-6-7-11-8(9)10/h2-7H2,1H3. The summed E-state index contributed by atoms with van der Waals surface area (Å²) in [6, 6.07) is 0. The highest BCUT2D eigenvalue weighted by Gasteiger charge is 1.93. The molecule has 0 heterocycles. The first-order valence-electron chi connectivity index (χ1n) is 4.09. The van der Waals surface area contributed by atoms with Gasteiger partial charge < -0.3 is 4.74 Å². The Balaban J connectivity index is 2.85. The summed E-state index contributed by atoms with van der Waals surface area (Å²) in [7, 11) is 0. The van der Waals surface area contributed by atoms with Crippen LogP contribution in [0.5, 0.6) is 0 Å². The summed E-state index contributed by atoms with van der Waals surface area (Å²) in [6.45, 7) is 2.77. The predicted octanol–water partition coefficient (Wildman–Crippen LogP) is 3.53. The topological polar surface area (TPSA) is 26.3 Å². The molecule has 0 atom stereocenters. The SMILES string of the molecule is CCCCCCCOC(=O)I. The monoisotopic (exact) mass is 270 g/mol. The summed E-state index contributed by atoms with van der Waals surface area (Å²) in [4.78, 5) is 10.3. The normalized spacial score (nSPS) is 9.64. The van der Waals surface area contributed by atoms with Crippen LogP contribution < -0.4 is 0 Å². The molecule has 0 aromatic rings. The van der Waals surface area contributed by atoms with Crippen LogP contribution in [0.3, 0.4) is 0 Å². The van der Waals surface area contributed by atoms with Crippen molar-refractivity contribution in [1.82, 2.24) is 0 Å². The van der Waals surface area contributed by atoms with Gasteiger partial charge in [0.2, 0.25) is 0 Å². The third-order valence-corrected chi connectivity index (χ3v) is 1.77. The molecule has 66 valence electrons. The van der Waals surface area contributed by atoms with Crippen molar-refractivity contribution in [3.8, 4) is 0 Å². The molecule has 0 unspecified atom stereocenters. The Morgan fingerprint density at radius 1 is 1.27 bits per heavy atom. The molecule has 0 saturated heterocycles. The molecule has 0 bridgehead atoms. The van der Waals surface area contributed by atoms with E-state index >= 15 is 0 Å². The van der Waals surface area contributed by atoms with Crippen LogP contribution in [0.15, 0.2) is 0 Å². The molecular weight excluding hydrogens is 255 g/mol. The zero-order valence-corrected chi connectivity index (χ0v) is 9.09. The molecule has 0 radical (unpaired) electrons. The first-order chi connectivity index (χ1) is 5.27. The fraction of sp³-hybridized carbons (Fsp3) is 0.875. The first-order valence-corrected chi connectivity index (χ1v) is 5.17. The van der Waals surface area contributed by atoms with Gasteiger partial charge >= 0.3 is 3.98 Å². The second-order valence-corrected chi connectivity index (χ2v) is 3.38. The van der Waals surface area contributed by atoms with Gasteiger partial charge in [-0.15, -0.1) is 0 Å². The predicted molar refractivity (Wildman–Crippen MR) is 54.1 cm³/mol. The number of halogens is 1. The summed E-state index contributed by atoms with van der Waals surface area (Å²) in [5.74, 6) is 0. The average molecular weight is 270 g/mol. The highest BCUT2D eigenvalue weighted by molar-refractivity contribution is 14.1. The number of hydrogen-bond acceptors (Lipinski definition) is 2. The van der Waals surface area contributed by atoms with Crippen LogP contribution in [-0.4, -0.2) is 10.6 Å². The third kappa shape index (κ3) is 10.2. The van der Waals surface area contributed by atoms with Gasteiger partial charge in [0.15, 0.2) is 0 Å². The second-order valence-electron chi connectivity index (χ2n) is 2.50. The fourth-order valence-corrected chi connectivity index (χ4v) is 1.08. The summed E-state index contributed by atoms with van der Waals surface area (Å²) < 4.78 is 4.57. The molecule has 0 amide bonds. The first kappa shape index (κ1) is 11.2. The van der Waals surface area contributed by atoms with Gasteiger partial charge in [-0.3, -0.25) is 0 Å². The molecule has 0 N–H and O–H groups in total. The van der Waals surface area contributed by atoms with Crippen LogP contribution >= 0.6 is 22.6 Å². The number of rotatable bonds is 6. The zero-order chi connectivity index (χ0) is 8.53. The van der Waals surface area contributed by atoms with Crippen LogP contribution in [-0.2, 0) is 4.74 Å². The third-order valence-electron chi connectivity index (χ3n) is 1.46. The summed E-state index contributed by atoms with van der Waals surface area (Å²) in [6.07, 6.45) is 5.99. The lowest BCUT2D eigenvalue weighted by atomic mass is 10.2. The van der Waals surface area contributed by atoms with E-state index in [1.165, 1.54) is 25.7 Å². The van der Waals surface area contributed by atoms with Gasteiger partial charge in [-0.05, 0) is 6.42 Å². The number of carbonyl (C=O) groups excluding carboxylic acids is 1. The summed E-state index contributed by atoms with van der Waals surface area (Å²) in [5.41, 5.74) is 0. The lowest BCUT2D eigenvalue weighted by Gasteiger charge is -1.99. The van der Waals surface area contributed by atoms with Crippen molar-refractivity contribution in [3.63, 3.8) is 0 Å². The van der Waals surface area contributed by atoms with E-state index in [1.807, 2.05) is 0 Å². The summed E-state index contributed by atoms with van der Waals surface area (Å²) >= 11 is 1.65. The van der Waals surface area contributed by atoms with Crippen molar-refractivity contribution in [2.75, 3.05) is 6.61 Å². The van der Waals surface area contributed by atoms with E-state index < -0.39 is 0 Å². The smallest absolute Gasteiger partial charge is 0.367 e. The molecule has 0 aliphatic heterocycles. The lowest BCUT2D eigenvalue weighted by molar-refractivity contribution is 0.176. The highest BCUT2D eigenvalue weighted by Crippen LogP contribution is 2.03. The molecule has 0 saturated carbocycles. The molecule has 0 aliphatic carbocycles. The maximum atomic E-state index is 10.3.